The van der Waals surface area contributed by atoms with Gasteiger partial charge in [0.05, 0.1) is 0 Å². The van der Waals surface area contributed by atoms with Gasteiger partial charge in [0.1, 0.15) is 0 Å². The maximum atomic E-state index is 6.09. The van der Waals surface area contributed by atoms with E-state index in [9.17, 15) is 0 Å². The van der Waals surface area contributed by atoms with Gasteiger partial charge < -0.3 is 11.5 Å². The van der Waals surface area contributed by atoms with Crippen molar-refractivity contribution in [1.29, 1.82) is 0 Å². The molecule has 4 N–H and O–H groups in total. The van der Waals surface area contributed by atoms with Crippen molar-refractivity contribution in [3.8, 4) is 0 Å². The molecule has 0 aliphatic heterocycles. The molecule has 0 aliphatic rings. The summed E-state index contributed by atoms with van der Waals surface area (Å²) in [6.45, 7) is 2.27. The van der Waals surface area contributed by atoms with E-state index in [1.807, 2.05) is 12.1 Å². The fraction of sp³-hybridized carbons (Fsp3) is 0.524. The molecule has 0 aromatic heterocycles. The van der Waals surface area contributed by atoms with Gasteiger partial charge in [-0.15, -0.1) is 0 Å². The second kappa shape index (κ2) is 9.44. The molecule has 0 saturated heterocycles. The zero-order valence-corrected chi connectivity index (χ0v) is 14.6. The summed E-state index contributed by atoms with van der Waals surface area (Å²) >= 11 is 0. The molecule has 0 amide bonds. The summed E-state index contributed by atoms with van der Waals surface area (Å²) in [6.07, 6.45) is 13.5. The fourth-order valence-electron chi connectivity index (χ4n) is 3.25. The molecule has 0 unspecified atom stereocenters. The number of nitrogens with two attached hydrogens (primary N) is 2. The Morgan fingerprint density at radius 1 is 0.739 bits per heavy atom. The lowest BCUT2D eigenvalue weighted by molar-refractivity contribution is 0.565. The summed E-state index contributed by atoms with van der Waals surface area (Å²) < 4.78 is 0. The van der Waals surface area contributed by atoms with Gasteiger partial charge in [-0.2, -0.15) is 0 Å². The first-order chi connectivity index (χ1) is 11.2. The highest BCUT2D eigenvalue weighted by Crippen LogP contribution is 2.26. The van der Waals surface area contributed by atoms with Gasteiger partial charge in [0, 0.05) is 16.8 Å². The first-order valence-corrected chi connectivity index (χ1v) is 9.28. The van der Waals surface area contributed by atoms with Gasteiger partial charge in [-0.25, -0.2) is 0 Å². The van der Waals surface area contributed by atoms with E-state index in [0.717, 1.165) is 28.6 Å². The van der Waals surface area contributed by atoms with Crippen LogP contribution in [0.2, 0.25) is 0 Å². The minimum Gasteiger partial charge on any atom is -0.399 e. The number of rotatable bonds is 10. The van der Waals surface area contributed by atoms with Gasteiger partial charge in [-0.05, 0) is 42.0 Å². The van der Waals surface area contributed by atoms with Gasteiger partial charge in [-0.3, -0.25) is 0 Å². The van der Waals surface area contributed by atoms with Crippen molar-refractivity contribution in [3.05, 3.63) is 35.9 Å². The Labute approximate surface area is 141 Å². The third kappa shape index (κ3) is 5.78. The van der Waals surface area contributed by atoms with Gasteiger partial charge >= 0.3 is 0 Å². The van der Waals surface area contributed by atoms with Crippen molar-refractivity contribution in [2.75, 3.05) is 11.5 Å². The van der Waals surface area contributed by atoms with Crippen molar-refractivity contribution in [3.63, 3.8) is 0 Å². The van der Waals surface area contributed by atoms with Crippen LogP contribution in [0.5, 0.6) is 0 Å². The molecule has 23 heavy (non-hydrogen) atoms. The molecule has 0 aliphatic carbocycles. The number of aryl methyl sites for hydroxylation is 1. The number of hydrogen-bond donors (Lipinski definition) is 2. The summed E-state index contributed by atoms with van der Waals surface area (Å²) in [5.41, 5.74) is 14.8. The molecule has 0 heterocycles. The number of benzene rings is 2. The smallest absolute Gasteiger partial charge is 0.0414 e. The maximum absolute atomic E-state index is 6.09. The van der Waals surface area contributed by atoms with Crippen molar-refractivity contribution in [1.82, 2.24) is 0 Å². The monoisotopic (exact) mass is 312 g/mol. The Bertz CT molecular complexity index is 604. The first kappa shape index (κ1) is 17.7. The van der Waals surface area contributed by atoms with E-state index in [2.05, 4.69) is 25.1 Å². The lowest BCUT2D eigenvalue weighted by Crippen LogP contribution is -1.93. The molecule has 0 fully saturated rings. The van der Waals surface area contributed by atoms with Gasteiger partial charge in [-0.1, -0.05) is 70.4 Å². The Kier molecular flexibility index (Phi) is 7.25. The molecular weight excluding hydrogens is 280 g/mol. The Balaban J connectivity index is 1.71. The maximum Gasteiger partial charge on any atom is 0.0414 e. The van der Waals surface area contributed by atoms with Crippen LogP contribution in [0, 0.1) is 0 Å². The highest BCUT2D eigenvalue weighted by molar-refractivity contribution is 5.95. The number of anilines is 2. The molecule has 2 aromatic rings. The highest BCUT2D eigenvalue weighted by Gasteiger charge is 2.02. The van der Waals surface area contributed by atoms with E-state index < -0.39 is 0 Å². The lowest BCUT2D eigenvalue weighted by Gasteiger charge is -2.07. The van der Waals surface area contributed by atoms with Crippen LogP contribution in [0.15, 0.2) is 30.3 Å². The molecule has 2 aromatic carbocycles. The topological polar surface area (TPSA) is 52.0 Å². The zero-order chi connectivity index (χ0) is 16.5. The van der Waals surface area contributed by atoms with Crippen LogP contribution in [0.1, 0.15) is 70.3 Å². The first-order valence-electron chi connectivity index (χ1n) is 9.28. The molecule has 0 bridgehead atoms. The van der Waals surface area contributed by atoms with Crippen LogP contribution >= 0.6 is 0 Å². The van der Waals surface area contributed by atoms with E-state index in [4.69, 9.17) is 11.5 Å². The van der Waals surface area contributed by atoms with E-state index in [1.54, 1.807) is 0 Å². The Morgan fingerprint density at radius 2 is 1.39 bits per heavy atom. The standard InChI is InChI=1S/C21H32N2/c1-2-3-4-5-6-7-8-9-10-11-17-12-13-18-15-19(22)16-21(23)20(18)14-17/h12-16H,2-11,22-23H2,1H3. The van der Waals surface area contributed by atoms with Crippen LogP contribution in [0.25, 0.3) is 10.8 Å². The second-order valence-electron chi connectivity index (χ2n) is 6.74. The zero-order valence-electron chi connectivity index (χ0n) is 14.6. The van der Waals surface area contributed by atoms with Crippen LogP contribution in [-0.2, 0) is 6.42 Å². The largest absolute Gasteiger partial charge is 0.399 e. The van der Waals surface area contributed by atoms with Crippen molar-refractivity contribution in [2.24, 2.45) is 0 Å². The average Bonchev–Trinajstić information content (AvgIpc) is 2.53. The number of unbranched alkanes of at least 4 members (excludes halogenated alkanes) is 8. The molecule has 0 radical (unpaired) electrons. The predicted molar refractivity (Wildman–Crippen MR) is 104 cm³/mol. The molecule has 2 rings (SSSR count). The summed E-state index contributed by atoms with van der Waals surface area (Å²) in [7, 11) is 0. The van der Waals surface area contributed by atoms with E-state index >= 15 is 0 Å². The van der Waals surface area contributed by atoms with Crippen molar-refractivity contribution in [2.45, 2.75) is 71.1 Å². The Morgan fingerprint density at radius 3 is 2.09 bits per heavy atom. The summed E-state index contributed by atoms with van der Waals surface area (Å²) in [4.78, 5) is 0. The summed E-state index contributed by atoms with van der Waals surface area (Å²) in [6, 6.07) is 10.4. The number of fused-ring (bicyclic) bond motifs is 1. The highest BCUT2D eigenvalue weighted by atomic mass is 14.6. The van der Waals surface area contributed by atoms with Gasteiger partial charge in [0.2, 0.25) is 0 Å². The number of hydrogen-bond acceptors (Lipinski definition) is 2. The molecule has 2 nitrogen and oxygen atoms in total. The summed E-state index contributed by atoms with van der Waals surface area (Å²) in [5, 5.41) is 2.27. The second-order valence-corrected chi connectivity index (χ2v) is 6.74. The predicted octanol–water partition coefficient (Wildman–Crippen LogP) is 6.08. The molecule has 0 saturated carbocycles. The van der Waals surface area contributed by atoms with E-state index in [0.29, 0.717) is 0 Å². The third-order valence-corrected chi connectivity index (χ3v) is 4.64. The van der Waals surface area contributed by atoms with Crippen LogP contribution in [0.4, 0.5) is 11.4 Å². The van der Waals surface area contributed by atoms with Crippen molar-refractivity contribution >= 4 is 22.1 Å². The lowest BCUT2D eigenvalue weighted by atomic mass is 10.00. The third-order valence-electron chi connectivity index (χ3n) is 4.64. The minimum atomic E-state index is 0.738. The summed E-state index contributed by atoms with van der Waals surface area (Å²) in [5.74, 6) is 0. The number of nitrogen functional groups attached to an aromatic ring is 2. The SMILES string of the molecule is CCCCCCCCCCCc1ccc2cc(N)cc(N)c2c1. The van der Waals surface area contributed by atoms with E-state index in [1.165, 1.54) is 63.4 Å². The molecule has 0 spiro atoms. The fourth-order valence-corrected chi connectivity index (χ4v) is 3.25. The Hall–Kier alpha value is -1.70. The molecular formula is C21H32N2. The van der Waals surface area contributed by atoms with Gasteiger partial charge in [0.25, 0.3) is 0 Å². The van der Waals surface area contributed by atoms with Crippen molar-refractivity contribution < 1.29 is 0 Å². The normalized spacial score (nSPS) is 11.2. The molecule has 126 valence electrons. The quantitative estimate of drug-likeness (QED) is 0.413. The minimum absolute atomic E-state index is 0.738. The molecule has 2 heteroatoms. The van der Waals surface area contributed by atoms with Crippen LogP contribution in [-0.4, -0.2) is 0 Å². The van der Waals surface area contributed by atoms with Gasteiger partial charge in [0.15, 0.2) is 0 Å². The molecule has 0 atom stereocenters. The van der Waals surface area contributed by atoms with Crippen LogP contribution < -0.4 is 11.5 Å². The van der Waals surface area contributed by atoms with E-state index in [-0.39, 0.29) is 0 Å². The van der Waals surface area contributed by atoms with Crippen LogP contribution in [0.3, 0.4) is 0 Å². The average molecular weight is 313 g/mol.